The van der Waals surface area contributed by atoms with Gasteiger partial charge in [0.1, 0.15) is 0 Å². The van der Waals surface area contributed by atoms with Crippen LogP contribution in [0.5, 0.6) is 0 Å². The minimum atomic E-state index is 0.215. The van der Waals surface area contributed by atoms with E-state index in [9.17, 15) is 4.79 Å². The summed E-state index contributed by atoms with van der Waals surface area (Å²) >= 11 is 1.62. The molecule has 1 aliphatic carbocycles. The normalized spacial score (nSPS) is 17.4. The monoisotopic (exact) mass is 266 g/mol. The van der Waals surface area contributed by atoms with E-state index in [4.69, 9.17) is 0 Å². The number of hydrogen-bond acceptors (Lipinski definition) is 3. The summed E-state index contributed by atoms with van der Waals surface area (Å²) in [7, 11) is 1.96. The molecule has 0 radical (unpaired) electrons. The molecule has 0 aliphatic heterocycles. The van der Waals surface area contributed by atoms with Gasteiger partial charge in [-0.3, -0.25) is 4.79 Å². The summed E-state index contributed by atoms with van der Waals surface area (Å²) in [6.07, 6.45) is 7.96. The van der Waals surface area contributed by atoms with Crippen LogP contribution in [0, 0.1) is 6.92 Å². The molecule has 1 fully saturated rings. The Labute approximate surface area is 113 Å². The summed E-state index contributed by atoms with van der Waals surface area (Å²) in [5.74, 6) is 0.215. The van der Waals surface area contributed by atoms with Crippen molar-refractivity contribution in [2.45, 2.75) is 57.9 Å². The maximum Gasteiger partial charge on any atom is 0.228 e. The number of rotatable bonds is 3. The maximum absolute atomic E-state index is 12.2. The van der Waals surface area contributed by atoms with Crippen LogP contribution >= 0.6 is 11.3 Å². The molecule has 1 aliphatic rings. The number of nitrogens with zero attached hydrogens (tertiary/aromatic N) is 2. The molecule has 0 N–H and O–H groups in total. The second kappa shape index (κ2) is 6.32. The van der Waals surface area contributed by atoms with E-state index in [0.717, 1.165) is 10.7 Å². The number of aromatic nitrogens is 1. The van der Waals surface area contributed by atoms with Gasteiger partial charge in [-0.25, -0.2) is 4.98 Å². The van der Waals surface area contributed by atoms with Crippen molar-refractivity contribution in [3.05, 3.63) is 16.1 Å². The highest BCUT2D eigenvalue weighted by Crippen LogP contribution is 2.21. The Balaban J connectivity index is 1.91. The molecule has 0 spiro atoms. The van der Waals surface area contributed by atoms with Crippen LogP contribution in [0.3, 0.4) is 0 Å². The molecule has 0 unspecified atom stereocenters. The summed E-state index contributed by atoms with van der Waals surface area (Å²) in [4.78, 5) is 18.5. The second-order valence-electron chi connectivity index (χ2n) is 5.18. The van der Waals surface area contributed by atoms with E-state index in [-0.39, 0.29) is 5.91 Å². The van der Waals surface area contributed by atoms with E-state index >= 15 is 0 Å². The Kier molecular flexibility index (Phi) is 4.75. The molecule has 1 amide bonds. The molecule has 1 heterocycles. The first-order valence-electron chi connectivity index (χ1n) is 6.83. The molecule has 4 heteroatoms. The lowest BCUT2D eigenvalue weighted by molar-refractivity contribution is -0.131. The smallest absolute Gasteiger partial charge is 0.228 e. The van der Waals surface area contributed by atoms with E-state index in [1.807, 2.05) is 24.3 Å². The van der Waals surface area contributed by atoms with E-state index in [2.05, 4.69) is 4.98 Å². The van der Waals surface area contributed by atoms with Crippen LogP contribution in [0.25, 0.3) is 0 Å². The molecule has 1 saturated carbocycles. The molecule has 0 aromatic carbocycles. The van der Waals surface area contributed by atoms with Crippen molar-refractivity contribution in [2.75, 3.05) is 7.05 Å². The predicted molar refractivity (Wildman–Crippen MR) is 74.8 cm³/mol. The largest absolute Gasteiger partial charge is 0.342 e. The van der Waals surface area contributed by atoms with Gasteiger partial charge in [-0.2, -0.15) is 0 Å². The van der Waals surface area contributed by atoms with E-state index in [0.29, 0.717) is 12.5 Å². The molecule has 100 valence electrons. The van der Waals surface area contributed by atoms with Gasteiger partial charge in [0.25, 0.3) is 0 Å². The van der Waals surface area contributed by atoms with Crippen LogP contribution in [-0.2, 0) is 11.2 Å². The van der Waals surface area contributed by atoms with Gasteiger partial charge in [-0.1, -0.05) is 25.7 Å². The average Bonchev–Trinajstić information content (AvgIpc) is 2.62. The molecular weight excluding hydrogens is 244 g/mol. The van der Waals surface area contributed by atoms with Gasteiger partial charge in [-0.05, 0) is 19.8 Å². The van der Waals surface area contributed by atoms with Crippen LogP contribution in [-0.4, -0.2) is 28.9 Å². The van der Waals surface area contributed by atoms with Crippen LogP contribution in [0.15, 0.2) is 5.38 Å². The van der Waals surface area contributed by atoms with Crippen molar-refractivity contribution in [2.24, 2.45) is 0 Å². The molecular formula is C14H22N2OS. The number of hydrogen-bond donors (Lipinski definition) is 0. The highest BCUT2D eigenvalue weighted by molar-refractivity contribution is 7.09. The standard InChI is InChI=1S/C14H22N2OS/c1-11-15-12(10-18-11)9-14(17)16(2)13-7-5-3-4-6-8-13/h10,13H,3-9H2,1-2H3. The van der Waals surface area contributed by atoms with Crippen LogP contribution in [0.4, 0.5) is 0 Å². The van der Waals surface area contributed by atoms with E-state index in [1.54, 1.807) is 11.3 Å². The Morgan fingerprint density at radius 2 is 2.06 bits per heavy atom. The topological polar surface area (TPSA) is 33.2 Å². The van der Waals surface area contributed by atoms with Gasteiger partial charge in [0, 0.05) is 18.5 Å². The van der Waals surface area contributed by atoms with E-state index < -0.39 is 0 Å². The van der Waals surface area contributed by atoms with Crippen molar-refractivity contribution in [3.63, 3.8) is 0 Å². The summed E-state index contributed by atoms with van der Waals surface area (Å²) in [6.45, 7) is 1.98. The fraction of sp³-hybridized carbons (Fsp3) is 0.714. The van der Waals surface area contributed by atoms with Crippen molar-refractivity contribution < 1.29 is 4.79 Å². The van der Waals surface area contributed by atoms with Gasteiger partial charge >= 0.3 is 0 Å². The van der Waals surface area contributed by atoms with Crippen molar-refractivity contribution >= 4 is 17.2 Å². The molecule has 0 bridgehead atoms. The lowest BCUT2D eigenvalue weighted by Crippen LogP contribution is -2.37. The minimum Gasteiger partial charge on any atom is -0.342 e. The fourth-order valence-corrected chi connectivity index (χ4v) is 3.23. The third kappa shape index (κ3) is 3.55. The predicted octanol–water partition coefficient (Wildman–Crippen LogP) is 3.18. The zero-order valence-electron chi connectivity index (χ0n) is 11.3. The number of amides is 1. The van der Waals surface area contributed by atoms with Gasteiger partial charge in [0.15, 0.2) is 0 Å². The quantitative estimate of drug-likeness (QED) is 0.787. The third-order valence-electron chi connectivity index (χ3n) is 3.76. The number of carbonyl (C=O) groups excluding carboxylic acids is 1. The summed E-state index contributed by atoms with van der Waals surface area (Å²) in [5, 5.41) is 3.03. The first kappa shape index (κ1) is 13.5. The molecule has 2 rings (SSSR count). The first-order valence-corrected chi connectivity index (χ1v) is 7.71. The van der Waals surface area contributed by atoms with Gasteiger partial charge in [0.05, 0.1) is 17.1 Å². The molecule has 3 nitrogen and oxygen atoms in total. The highest BCUT2D eigenvalue weighted by atomic mass is 32.1. The van der Waals surface area contributed by atoms with Gasteiger partial charge < -0.3 is 4.90 Å². The minimum absolute atomic E-state index is 0.215. The number of likely N-dealkylation sites (N-methyl/N-ethyl adjacent to an activating group) is 1. The van der Waals surface area contributed by atoms with Gasteiger partial charge in [0.2, 0.25) is 5.91 Å². The molecule has 1 aromatic rings. The molecule has 1 aromatic heterocycles. The Hall–Kier alpha value is -0.900. The SMILES string of the molecule is Cc1nc(CC(=O)N(C)C2CCCCCC2)cs1. The third-order valence-corrected chi connectivity index (χ3v) is 4.59. The van der Waals surface area contributed by atoms with Crippen molar-refractivity contribution in [1.82, 2.24) is 9.88 Å². The number of thiazole rings is 1. The molecule has 0 atom stereocenters. The van der Waals surface area contributed by atoms with Crippen LogP contribution in [0.1, 0.15) is 49.2 Å². The van der Waals surface area contributed by atoms with Crippen molar-refractivity contribution in [3.8, 4) is 0 Å². The number of carbonyl (C=O) groups is 1. The Bertz CT molecular complexity index is 394. The maximum atomic E-state index is 12.2. The van der Waals surface area contributed by atoms with Gasteiger partial charge in [-0.15, -0.1) is 11.3 Å². The van der Waals surface area contributed by atoms with E-state index in [1.165, 1.54) is 38.5 Å². The summed E-state index contributed by atoms with van der Waals surface area (Å²) in [6, 6.07) is 0.444. The zero-order chi connectivity index (χ0) is 13.0. The lowest BCUT2D eigenvalue weighted by atomic mass is 10.1. The van der Waals surface area contributed by atoms with Crippen molar-refractivity contribution in [1.29, 1.82) is 0 Å². The number of aryl methyl sites for hydroxylation is 1. The first-order chi connectivity index (χ1) is 8.66. The van der Waals surface area contributed by atoms with Crippen LogP contribution < -0.4 is 0 Å². The Morgan fingerprint density at radius 1 is 1.39 bits per heavy atom. The Morgan fingerprint density at radius 3 is 2.61 bits per heavy atom. The lowest BCUT2D eigenvalue weighted by Gasteiger charge is -2.27. The second-order valence-corrected chi connectivity index (χ2v) is 6.25. The van der Waals surface area contributed by atoms with Crippen LogP contribution in [0.2, 0.25) is 0 Å². The summed E-state index contributed by atoms with van der Waals surface area (Å²) < 4.78 is 0. The fourth-order valence-electron chi connectivity index (χ4n) is 2.62. The zero-order valence-corrected chi connectivity index (χ0v) is 12.1. The molecule has 0 saturated heterocycles. The highest BCUT2D eigenvalue weighted by Gasteiger charge is 2.21. The molecule has 18 heavy (non-hydrogen) atoms. The summed E-state index contributed by atoms with van der Waals surface area (Å²) in [5.41, 5.74) is 0.919. The average molecular weight is 266 g/mol.